The minimum atomic E-state index is 0.333. The van der Waals surface area contributed by atoms with Gasteiger partial charge in [-0.3, -0.25) is 4.79 Å². The van der Waals surface area contributed by atoms with Crippen molar-refractivity contribution in [2.75, 3.05) is 0 Å². The lowest BCUT2D eigenvalue weighted by molar-refractivity contribution is -0.115. The van der Waals surface area contributed by atoms with Crippen LogP contribution in [-0.4, -0.2) is 5.78 Å². The third-order valence-electron chi connectivity index (χ3n) is 3.48. The van der Waals surface area contributed by atoms with Crippen LogP contribution >= 0.6 is 0 Å². The van der Waals surface area contributed by atoms with Gasteiger partial charge in [-0.05, 0) is 24.8 Å². The molecule has 1 heteroatoms. The highest BCUT2D eigenvalue weighted by Crippen LogP contribution is 2.22. The molecular formula is C15H26O. The van der Waals surface area contributed by atoms with E-state index >= 15 is 0 Å². The second-order valence-corrected chi connectivity index (χ2v) is 5.08. The van der Waals surface area contributed by atoms with Gasteiger partial charge in [-0.25, -0.2) is 0 Å². The van der Waals surface area contributed by atoms with Crippen LogP contribution in [0.1, 0.15) is 71.1 Å². The predicted octanol–water partition coefficient (Wildman–Crippen LogP) is 4.66. The van der Waals surface area contributed by atoms with Crippen molar-refractivity contribution in [3.8, 4) is 0 Å². The maximum absolute atomic E-state index is 11.2. The molecule has 0 amide bonds. The first-order chi connectivity index (χ1) is 7.83. The number of unbranched alkanes of at least 4 members (excludes halogenated alkanes) is 6. The maximum Gasteiger partial charge on any atom is 0.155 e. The Balaban J connectivity index is 1.91. The Morgan fingerprint density at radius 2 is 1.81 bits per heavy atom. The number of ketones is 1. The molecule has 0 saturated carbocycles. The highest BCUT2D eigenvalue weighted by molar-refractivity contribution is 5.90. The Hall–Kier alpha value is -0.590. The van der Waals surface area contributed by atoms with Gasteiger partial charge in [-0.1, -0.05) is 57.9 Å². The van der Waals surface area contributed by atoms with Crippen LogP contribution in [0.25, 0.3) is 0 Å². The molecule has 0 N–H and O–H groups in total. The number of carbonyl (C=O) groups is 1. The molecule has 16 heavy (non-hydrogen) atoms. The molecule has 92 valence electrons. The molecule has 0 aromatic heterocycles. The van der Waals surface area contributed by atoms with Crippen molar-refractivity contribution < 1.29 is 4.79 Å². The van der Waals surface area contributed by atoms with Crippen molar-refractivity contribution in [3.05, 3.63) is 12.2 Å². The summed E-state index contributed by atoms with van der Waals surface area (Å²) in [6.45, 7) is 2.26. The maximum atomic E-state index is 11.2. The zero-order chi connectivity index (χ0) is 11.6. The molecule has 1 aliphatic carbocycles. The first-order valence-corrected chi connectivity index (χ1v) is 7.02. The van der Waals surface area contributed by atoms with Gasteiger partial charge in [0.15, 0.2) is 5.78 Å². The zero-order valence-electron chi connectivity index (χ0n) is 10.7. The minimum absolute atomic E-state index is 0.333. The Morgan fingerprint density at radius 1 is 1.12 bits per heavy atom. The number of hydrogen-bond donors (Lipinski definition) is 0. The minimum Gasteiger partial charge on any atom is -0.295 e. The van der Waals surface area contributed by atoms with E-state index in [9.17, 15) is 4.79 Å². The van der Waals surface area contributed by atoms with Gasteiger partial charge in [-0.2, -0.15) is 0 Å². The van der Waals surface area contributed by atoms with E-state index in [-0.39, 0.29) is 0 Å². The number of rotatable bonds is 8. The molecule has 1 aliphatic rings. The Labute approximate surface area is 100 Å². The third kappa shape index (κ3) is 6.09. The van der Waals surface area contributed by atoms with Crippen LogP contribution in [0.5, 0.6) is 0 Å². The predicted molar refractivity (Wildman–Crippen MR) is 69.5 cm³/mol. The fourth-order valence-corrected chi connectivity index (χ4v) is 2.44. The van der Waals surface area contributed by atoms with Crippen LogP contribution in [0, 0.1) is 5.92 Å². The largest absolute Gasteiger partial charge is 0.295 e. The van der Waals surface area contributed by atoms with E-state index in [0.717, 1.165) is 12.8 Å². The summed E-state index contributed by atoms with van der Waals surface area (Å²) in [5, 5.41) is 0. The van der Waals surface area contributed by atoms with Crippen LogP contribution in [-0.2, 0) is 4.79 Å². The molecule has 0 heterocycles. The highest BCUT2D eigenvalue weighted by atomic mass is 16.1. The van der Waals surface area contributed by atoms with Gasteiger partial charge in [0.05, 0.1) is 0 Å². The lowest BCUT2D eigenvalue weighted by atomic mass is 9.89. The van der Waals surface area contributed by atoms with Gasteiger partial charge in [0.1, 0.15) is 0 Å². The Morgan fingerprint density at radius 3 is 2.50 bits per heavy atom. The van der Waals surface area contributed by atoms with Gasteiger partial charge in [0.2, 0.25) is 0 Å². The van der Waals surface area contributed by atoms with Crippen molar-refractivity contribution in [2.24, 2.45) is 5.92 Å². The van der Waals surface area contributed by atoms with E-state index in [2.05, 4.69) is 13.0 Å². The average molecular weight is 222 g/mol. The molecule has 0 spiro atoms. The van der Waals surface area contributed by atoms with Crippen molar-refractivity contribution in [3.63, 3.8) is 0 Å². The van der Waals surface area contributed by atoms with Crippen LogP contribution in [0.15, 0.2) is 12.2 Å². The summed E-state index contributed by atoms with van der Waals surface area (Å²) in [5.41, 5.74) is 0. The topological polar surface area (TPSA) is 17.1 Å². The molecular weight excluding hydrogens is 196 g/mol. The smallest absolute Gasteiger partial charge is 0.155 e. The second-order valence-electron chi connectivity index (χ2n) is 5.08. The molecule has 0 aromatic rings. The summed E-state index contributed by atoms with van der Waals surface area (Å²) in [6.07, 6.45) is 16.6. The SMILES string of the molecule is CCCCCCCCCC1CC=CC(=O)C1. The van der Waals surface area contributed by atoms with Gasteiger partial charge >= 0.3 is 0 Å². The van der Waals surface area contributed by atoms with Crippen LogP contribution in [0.2, 0.25) is 0 Å². The zero-order valence-corrected chi connectivity index (χ0v) is 10.7. The first-order valence-electron chi connectivity index (χ1n) is 7.02. The van der Waals surface area contributed by atoms with E-state index < -0.39 is 0 Å². The molecule has 0 fully saturated rings. The molecule has 1 unspecified atom stereocenters. The fourth-order valence-electron chi connectivity index (χ4n) is 2.44. The fraction of sp³-hybridized carbons (Fsp3) is 0.800. The molecule has 0 aliphatic heterocycles. The van der Waals surface area contributed by atoms with Gasteiger partial charge < -0.3 is 0 Å². The van der Waals surface area contributed by atoms with Gasteiger partial charge in [-0.15, -0.1) is 0 Å². The van der Waals surface area contributed by atoms with Crippen LogP contribution in [0.3, 0.4) is 0 Å². The number of hydrogen-bond acceptors (Lipinski definition) is 1. The van der Waals surface area contributed by atoms with E-state index in [0.29, 0.717) is 11.7 Å². The summed E-state index contributed by atoms with van der Waals surface area (Å²) in [6, 6.07) is 0. The van der Waals surface area contributed by atoms with Crippen LogP contribution in [0.4, 0.5) is 0 Å². The number of allylic oxidation sites excluding steroid dienone is 2. The van der Waals surface area contributed by atoms with E-state index in [1.54, 1.807) is 6.08 Å². The summed E-state index contributed by atoms with van der Waals surface area (Å²) in [7, 11) is 0. The summed E-state index contributed by atoms with van der Waals surface area (Å²) in [4.78, 5) is 11.2. The summed E-state index contributed by atoms with van der Waals surface area (Å²) in [5.74, 6) is 0.979. The summed E-state index contributed by atoms with van der Waals surface area (Å²) < 4.78 is 0. The van der Waals surface area contributed by atoms with Crippen molar-refractivity contribution in [1.82, 2.24) is 0 Å². The Bertz CT molecular complexity index is 217. The molecule has 0 radical (unpaired) electrons. The lowest BCUT2D eigenvalue weighted by Crippen LogP contribution is -2.10. The normalized spacial score (nSPS) is 20.3. The Kier molecular flexibility index (Phi) is 7.20. The van der Waals surface area contributed by atoms with Crippen molar-refractivity contribution in [1.29, 1.82) is 0 Å². The third-order valence-corrected chi connectivity index (χ3v) is 3.48. The first kappa shape index (κ1) is 13.5. The van der Waals surface area contributed by atoms with Crippen LogP contribution < -0.4 is 0 Å². The standard InChI is InChI=1S/C15H26O/c1-2-3-4-5-6-7-8-10-14-11-9-12-15(16)13-14/h9,12,14H,2-8,10-11,13H2,1H3. The van der Waals surface area contributed by atoms with E-state index in [1.165, 1.54) is 51.4 Å². The monoisotopic (exact) mass is 222 g/mol. The van der Waals surface area contributed by atoms with E-state index in [1.807, 2.05) is 0 Å². The molecule has 1 nitrogen and oxygen atoms in total. The molecule has 0 saturated heterocycles. The summed E-state index contributed by atoms with van der Waals surface area (Å²) >= 11 is 0. The molecule has 0 aromatic carbocycles. The molecule has 0 bridgehead atoms. The van der Waals surface area contributed by atoms with Crippen molar-refractivity contribution >= 4 is 5.78 Å². The molecule has 1 atom stereocenters. The number of carbonyl (C=O) groups excluding carboxylic acids is 1. The average Bonchev–Trinajstić information content (AvgIpc) is 2.28. The lowest BCUT2D eigenvalue weighted by Gasteiger charge is -2.16. The van der Waals surface area contributed by atoms with Gasteiger partial charge in [0, 0.05) is 6.42 Å². The highest BCUT2D eigenvalue weighted by Gasteiger charge is 2.14. The molecule has 1 rings (SSSR count). The quantitative estimate of drug-likeness (QED) is 0.546. The van der Waals surface area contributed by atoms with Gasteiger partial charge in [0.25, 0.3) is 0 Å². The van der Waals surface area contributed by atoms with E-state index in [4.69, 9.17) is 0 Å². The second kappa shape index (κ2) is 8.55. The van der Waals surface area contributed by atoms with Crippen molar-refractivity contribution in [2.45, 2.75) is 71.1 Å².